The Morgan fingerprint density at radius 2 is 2.15 bits per heavy atom. The van der Waals surface area contributed by atoms with E-state index in [9.17, 15) is 14.9 Å². The molecule has 1 N–H and O–H groups in total. The molecule has 1 fully saturated rings. The number of nitro groups is 1. The third kappa shape index (κ3) is 4.88. The van der Waals surface area contributed by atoms with Crippen LogP contribution in [0.2, 0.25) is 0 Å². The van der Waals surface area contributed by atoms with Crippen LogP contribution in [0, 0.1) is 16.0 Å². The molecule has 0 atom stereocenters. The molecule has 1 aromatic carbocycles. The number of nitro benzene ring substituents is 1. The standard InChI is InChI=1S/C18H24N6O3/c1-14-5-9-22(10-6-14)8-2-7-20-18(25)15-3-4-16(17(11-15)24(26)27)23-13-19-12-21-23/h3-4,11-14H,2,5-10H2,1H3,(H,20,25). The van der Waals surface area contributed by atoms with Crippen LogP contribution in [0.25, 0.3) is 5.69 Å². The number of rotatable bonds is 7. The summed E-state index contributed by atoms with van der Waals surface area (Å²) in [6.45, 7) is 6.02. The number of carbonyl (C=O) groups is 1. The largest absolute Gasteiger partial charge is 0.352 e. The predicted molar refractivity (Wildman–Crippen MR) is 99.8 cm³/mol. The van der Waals surface area contributed by atoms with Crippen molar-refractivity contribution < 1.29 is 9.72 Å². The molecule has 0 aliphatic carbocycles. The van der Waals surface area contributed by atoms with Crippen LogP contribution in [0.4, 0.5) is 5.69 Å². The minimum atomic E-state index is -0.523. The van der Waals surface area contributed by atoms with E-state index in [1.807, 2.05) is 0 Å². The Kier molecular flexibility index (Phi) is 6.12. The van der Waals surface area contributed by atoms with Gasteiger partial charge in [0.25, 0.3) is 11.6 Å². The second-order valence-corrected chi connectivity index (χ2v) is 6.93. The maximum Gasteiger partial charge on any atom is 0.295 e. The highest BCUT2D eigenvalue weighted by atomic mass is 16.6. The lowest BCUT2D eigenvalue weighted by atomic mass is 9.99. The summed E-state index contributed by atoms with van der Waals surface area (Å²) < 4.78 is 1.30. The molecule has 9 nitrogen and oxygen atoms in total. The summed E-state index contributed by atoms with van der Waals surface area (Å²) >= 11 is 0. The van der Waals surface area contributed by atoms with Crippen molar-refractivity contribution in [2.75, 3.05) is 26.2 Å². The fourth-order valence-electron chi connectivity index (χ4n) is 3.23. The third-order valence-electron chi connectivity index (χ3n) is 4.91. The molecule has 0 unspecified atom stereocenters. The van der Waals surface area contributed by atoms with E-state index >= 15 is 0 Å². The predicted octanol–water partition coefficient (Wildman–Crippen LogP) is 2.03. The molecule has 0 saturated carbocycles. The summed E-state index contributed by atoms with van der Waals surface area (Å²) in [6.07, 6.45) is 6.00. The van der Waals surface area contributed by atoms with Crippen molar-refractivity contribution in [3.8, 4) is 5.69 Å². The first-order valence-electron chi connectivity index (χ1n) is 9.18. The number of hydrogen-bond acceptors (Lipinski definition) is 6. The average Bonchev–Trinajstić information content (AvgIpc) is 3.20. The van der Waals surface area contributed by atoms with Crippen molar-refractivity contribution >= 4 is 11.6 Å². The van der Waals surface area contributed by atoms with Crippen molar-refractivity contribution in [1.29, 1.82) is 0 Å². The van der Waals surface area contributed by atoms with Crippen molar-refractivity contribution in [2.24, 2.45) is 5.92 Å². The number of aromatic nitrogens is 3. The monoisotopic (exact) mass is 372 g/mol. The van der Waals surface area contributed by atoms with Gasteiger partial charge in [0.2, 0.25) is 0 Å². The van der Waals surface area contributed by atoms with E-state index in [2.05, 4.69) is 27.2 Å². The van der Waals surface area contributed by atoms with E-state index in [0.717, 1.165) is 32.0 Å². The van der Waals surface area contributed by atoms with E-state index in [1.165, 1.54) is 42.3 Å². The SMILES string of the molecule is CC1CCN(CCCNC(=O)c2ccc(-n3cncn3)c([N+](=O)[O-])c2)CC1. The van der Waals surface area contributed by atoms with Gasteiger partial charge in [-0.25, -0.2) is 9.67 Å². The van der Waals surface area contributed by atoms with Gasteiger partial charge in [0.1, 0.15) is 18.3 Å². The summed E-state index contributed by atoms with van der Waals surface area (Å²) in [7, 11) is 0. The van der Waals surface area contributed by atoms with Gasteiger partial charge >= 0.3 is 0 Å². The molecule has 2 aromatic rings. The van der Waals surface area contributed by atoms with Gasteiger partial charge in [0.15, 0.2) is 0 Å². The molecule has 9 heteroatoms. The zero-order valence-corrected chi connectivity index (χ0v) is 15.4. The minimum Gasteiger partial charge on any atom is -0.352 e. The lowest BCUT2D eigenvalue weighted by Gasteiger charge is -2.30. The van der Waals surface area contributed by atoms with E-state index in [0.29, 0.717) is 6.54 Å². The quantitative estimate of drug-likeness (QED) is 0.453. The van der Waals surface area contributed by atoms with Crippen molar-refractivity contribution in [3.63, 3.8) is 0 Å². The second kappa shape index (κ2) is 8.72. The molecule has 1 amide bonds. The zero-order chi connectivity index (χ0) is 19.2. The van der Waals surface area contributed by atoms with Gasteiger partial charge in [0.05, 0.1) is 4.92 Å². The Morgan fingerprint density at radius 3 is 2.81 bits per heavy atom. The van der Waals surface area contributed by atoms with Crippen LogP contribution < -0.4 is 5.32 Å². The van der Waals surface area contributed by atoms with Crippen LogP contribution in [0.15, 0.2) is 30.9 Å². The van der Waals surface area contributed by atoms with Crippen molar-refractivity contribution in [1.82, 2.24) is 25.0 Å². The van der Waals surface area contributed by atoms with Gasteiger partial charge < -0.3 is 10.2 Å². The van der Waals surface area contributed by atoms with Crippen molar-refractivity contribution in [2.45, 2.75) is 26.2 Å². The maximum atomic E-state index is 12.3. The normalized spacial score (nSPS) is 15.6. The number of benzene rings is 1. The highest BCUT2D eigenvalue weighted by Crippen LogP contribution is 2.23. The Bertz CT molecular complexity index is 784. The molecule has 144 valence electrons. The molecule has 0 spiro atoms. The first kappa shape index (κ1) is 19.0. The number of nitrogens with one attached hydrogen (secondary N) is 1. The summed E-state index contributed by atoms with van der Waals surface area (Å²) in [4.78, 5) is 29.4. The molecule has 1 aliphatic heterocycles. The van der Waals surface area contributed by atoms with E-state index in [1.54, 1.807) is 6.07 Å². The Morgan fingerprint density at radius 1 is 1.37 bits per heavy atom. The molecule has 27 heavy (non-hydrogen) atoms. The number of hydrogen-bond donors (Lipinski definition) is 1. The maximum absolute atomic E-state index is 12.3. The number of likely N-dealkylation sites (tertiary alicyclic amines) is 1. The molecule has 1 saturated heterocycles. The molecule has 1 aliphatic rings. The minimum absolute atomic E-state index is 0.185. The van der Waals surface area contributed by atoms with E-state index in [4.69, 9.17) is 0 Å². The smallest absolute Gasteiger partial charge is 0.295 e. The molecule has 1 aromatic heterocycles. The second-order valence-electron chi connectivity index (χ2n) is 6.93. The molecule has 0 radical (unpaired) electrons. The van der Waals surface area contributed by atoms with Crippen LogP contribution in [0.3, 0.4) is 0 Å². The van der Waals surface area contributed by atoms with Gasteiger partial charge in [-0.3, -0.25) is 14.9 Å². The Hall–Kier alpha value is -2.81. The van der Waals surface area contributed by atoms with Crippen molar-refractivity contribution in [3.05, 3.63) is 46.5 Å². The van der Waals surface area contributed by atoms with Crippen LogP contribution >= 0.6 is 0 Å². The molecular formula is C18H24N6O3. The highest BCUT2D eigenvalue weighted by Gasteiger charge is 2.19. The van der Waals surface area contributed by atoms with Crippen LogP contribution in [-0.2, 0) is 0 Å². The third-order valence-corrected chi connectivity index (χ3v) is 4.91. The lowest BCUT2D eigenvalue weighted by Crippen LogP contribution is -2.35. The van der Waals surface area contributed by atoms with Crippen LogP contribution in [-0.4, -0.2) is 56.7 Å². The summed E-state index contributed by atoms with van der Waals surface area (Å²) in [6, 6.07) is 4.35. The van der Waals surface area contributed by atoms with Gasteiger partial charge in [-0.15, -0.1) is 0 Å². The van der Waals surface area contributed by atoms with Crippen LogP contribution in [0.5, 0.6) is 0 Å². The molecule has 0 bridgehead atoms. The average molecular weight is 372 g/mol. The number of carbonyl (C=O) groups excluding carboxylic acids is 1. The molecular weight excluding hydrogens is 348 g/mol. The van der Waals surface area contributed by atoms with Gasteiger partial charge in [-0.2, -0.15) is 5.10 Å². The first-order valence-corrected chi connectivity index (χ1v) is 9.18. The topological polar surface area (TPSA) is 106 Å². The Balaban J connectivity index is 1.55. The summed E-state index contributed by atoms with van der Waals surface area (Å²) in [5, 5.41) is 18.1. The first-order chi connectivity index (χ1) is 13.0. The Labute approximate surface area is 157 Å². The van der Waals surface area contributed by atoms with Gasteiger partial charge in [0, 0.05) is 18.2 Å². The lowest BCUT2D eigenvalue weighted by molar-refractivity contribution is -0.384. The van der Waals surface area contributed by atoms with E-state index < -0.39 is 4.92 Å². The molecule has 2 heterocycles. The summed E-state index contributed by atoms with van der Waals surface area (Å²) in [5.41, 5.74) is 0.348. The van der Waals surface area contributed by atoms with Crippen LogP contribution in [0.1, 0.15) is 36.5 Å². The summed E-state index contributed by atoms with van der Waals surface area (Å²) in [5.74, 6) is 0.493. The fourth-order valence-corrected chi connectivity index (χ4v) is 3.23. The van der Waals surface area contributed by atoms with Gasteiger partial charge in [-0.1, -0.05) is 6.92 Å². The number of piperidine rings is 1. The van der Waals surface area contributed by atoms with E-state index in [-0.39, 0.29) is 22.8 Å². The fraction of sp³-hybridized carbons (Fsp3) is 0.500. The van der Waals surface area contributed by atoms with Gasteiger partial charge in [-0.05, 0) is 56.9 Å². The number of nitrogens with zero attached hydrogens (tertiary/aromatic N) is 5. The number of amides is 1. The molecule has 3 rings (SSSR count). The highest BCUT2D eigenvalue weighted by molar-refractivity contribution is 5.95. The zero-order valence-electron chi connectivity index (χ0n) is 15.4.